The maximum atomic E-state index is 11.8. The van der Waals surface area contributed by atoms with Crippen molar-refractivity contribution in [2.45, 2.75) is 24.6 Å². The molecule has 1 N–H and O–H groups in total. The molecule has 4 nitrogen and oxygen atoms in total. The number of hydrogen-bond donors (Lipinski definition) is 1. The average Bonchev–Trinajstić information content (AvgIpc) is 2.79. The van der Waals surface area contributed by atoms with Gasteiger partial charge in [-0.05, 0) is 18.1 Å². The molecule has 2 heterocycles. The Morgan fingerprint density at radius 3 is 2.84 bits per heavy atom. The van der Waals surface area contributed by atoms with Crippen LogP contribution >= 0.6 is 11.8 Å². The van der Waals surface area contributed by atoms with E-state index in [1.165, 1.54) is 11.8 Å². The molecule has 0 amide bonds. The fourth-order valence-electron chi connectivity index (χ4n) is 2.83. The van der Waals surface area contributed by atoms with Crippen LogP contribution in [0.15, 0.2) is 24.3 Å². The smallest absolute Gasteiger partial charge is 0.161 e. The molecule has 0 aromatic heterocycles. The fourth-order valence-corrected chi connectivity index (χ4v) is 6.62. The van der Waals surface area contributed by atoms with Crippen molar-refractivity contribution in [3.8, 4) is 0 Å². The fraction of sp³-hybridized carbons (Fsp3) is 0.462. The lowest BCUT2D eigenvalue weighted by Gasteiger charge is -2.26. The van der Waals surface area contributed by atoms with Gasteiger partial charge in [0.25, 0.3) is 0 Å². The molecule has 0 spiro atoms. The molecule has 19 heavy (non-hydrogen) atoms. The lowest BCUT2D eigenvalue weighted by atomic mass is 10.1. The van der Waals surface area contributed by atoms with E-state index in [9.17, 15) is 8.42 Å². The zero-order valence-corrected chi connectivity index (χ0v) is 12.3. The van der Waals surface area contributed by atoms with Crippen LogP contribution in [0.2, 0.25) is 0 Å². The monoisotopic (exact) mass is 296 g/mol. The molecule has 0 unspecified atom stereocenters. The van der Waals surface area contributed by atoms with Gasteiger partial charge in [-0.25, -0.2) is 8.42 Å². The van der Waals surface area contributed by atoms with Crippen molar-refractivity contribution in [2.75, 3.05) is 16.4 Å². The largest absolute Gasteiger partial charge is 0.316 e. The first-order chi connectivity index (χ1) is 9.02. The molecule has 0 saturated carbocycles. The first-order valence-corrected chi connectivity index (χ1v) is 9.04. The zero-order valence-electron chi connectivity index (χ0n) is 10.7. The van der Waals surface area contributed by atoms with Crippen LogP contribution in [0.3, 0.4) is 0 Å². The van der Waals surface area contributed by atoms with Crippen LogP contribution < -0.4 is 4.90 Å². The SMILES string of the molecule is CCc1ccccc1N1C(=N)S[C@@H]2CS(=O)(=O)C[C@H]21. The first-order valence-electron chi connectivity index (χ1n) is 6.34. The zero-order chi connectivity index (χ0) is 13.6. The maximum Gasteiger partial charge on any atom is 0.161 e. The van der Waals surface area contributed by atoms with Gasteiger partial charge in [-0.3, -0.25) is 5.41 Å². The number of hydrogen-bond acceptors (Lipinski definition) is 4. The molecule has 1 aromatic carbocycles. The van der Waals surface area contributed by atoms with E-state index in [4.69, 9.17) is 5.41 Å². The summed E-state index contributed by atoms with van der Waals surface area (Å²) in [7, 11) is -2.95. The second-order valence-electron chi connectivity index (χ2n) is 4.96. The lowest BCUT2D eigenvalue weighted by molar-refractivity contribution is 0.601. The molecule has 0 bridgehead atoms. The minimum atomic E-state index is -2.95. The van der Waals surface area contributed by atoms with Crippen LogP contribution in [0.4, 0.5) is 5.69 Å². The Bertz CT molecular complexity index is 627. The van der Waals surface area contributed by atoms with Crippen LogP contribution in [-0.2, 0) is 16.3 Å². The van der Waals surface area contributed by atoms with Crippen molar-refractivity contribution in [1.82, 2.24) is 0 Å². The van der Waals surface area contributed by atoms with E-state index >= 15 is 0 Å². The summed E-state index contributed by atoms with van der Waals surface area (Å²) in [6.45, 7) is 2.08. The number of para-hydroxylation sites is 1. The van der Waals surface area contributed by atoms with Crippen LogP contribution in [0.25, 0.3) is 0 Å². The molecule has 2 atom stereocenters. The molecule has 2 aliphatic rings. The van der Waals surface area contributed by atoms with E-state index in [1.54, 1.807) is 0 Å². The number of sulfone groups is 1. The summed E-state index contributed by atoms with van der Waals surface area (Å²) in [6.07, 6.45) is 0.884. The molecule has 6 heteroatoms. The lowest BCUT2D eigenvalue weighted by Crippen LogP contribution is -2.37. The number of rotatable bonds is 2. The molecule has 0 aliphatic carbocycles. The van der Waals surface area contributed by atoms with Gasteiger partial charge in [0.05, 0.1) is 17.5 Å². The highest BCUT2D eigenvalue weighted by molar-refractivity contribution is 8.15. The molecule has 2 aliphatic heterocycles. The van der Waals surface area contributed by atoms with Gasteiger partial charge in [0.2, 0.25) is 0 Å². The number of fused-ring (bicyclic) bond motifs is 1. The second-order valence-corrected chi connectivity index (χ2v) is 8.34. The van der Waals surface area contributed by atoms with Crippen molar-refractivity contribution in [3.05, 3.63) is 29.8 Å². The summed E-state index contributed by atoms with van der Waals surface area (Å²) in [4.78, 5) is 1.92. The van der Waals surface area contributed by atoms with E-state index in [0.717, 1.165) is 17.7 Å². The van der Waals surface area contributed by atoms with E-state index in [0.29, 0.717) is 5.17 Å². The number of thioether (sulfide) groups is 1. The molecular formula is C13H16N2O2S2. The predicted molar refractivity (Wildman–Crippen MR) is 79.8 cm³/mol. The van der Waals surface area contributed by atoms with Gasteiger partial charge in [0.15, 0.2) is 15.0 Å². The summed E-state index contributed by atoms with van der Waals surface area (Å²) in [5.41, 5.74) is 2.16. The number of anilines is 1. The quantitative estimate of drug-likeness (QED) is 0.905. The van der Waals surface area contributed by atoms with Gasteiger partial charge in [0.1, 0.15) is 0 Å². The van der Waals surface area contributed by atoms with E-state index in [-0.39, 0.29) is 22.8 Å². The third-order valence-electron chi connectivity index (χ3n) is 3.72. The van der Waals surface area contributed by atoms with E-state index in [1.807, 2.05) is 29.2 Å². The Morgan fingerprint density at radius 1 is 1.37 bits per heavy atom. The molecule has 102 valence electrons. The molecule has 1 aromatic rings. The average molecular weight is 296 g/mol. The maximum absolute atomic E-state index is 11.8. The summed E-state index contributed by atoms with van der Waals surface area (Å²) in [6, 6.07) is 7.89. The standard InChI is InChI=1S/C13H16N2O2S2/c1-2-9-5-3-4-6-10(9)15-11-7-19(16,17)8-12(11)18-13(15)14/h3-6,11-12,14H,2,7-8H2,1H3/t11-,12-/m1/s1. The Hall–Kier alpha value is -1.01. The van der Waals surface area contributed by atoms with Crippen LogP contribution in [0, 0.1) is 5.41 Å². The van der Waals surface area contributed by atoms with Crippen molar-refractivity contribution in [1.29, 1.82) is 5.41 Å². The summed E-state index contributed by atoms with van der Waals surface area (Å²) in [5, 5.41) is 8.63. The van der Waals surface area contributed by atoms with E-state index < -0.39 is 9.84 Å². The predicted octanol–water partition coefficient (Wildman–Crippen LogP) is 1.90. The first kappa shape index (κ1) is 13.0. The van der Waals surface area contributed by atoms with Gasteiger partial charge in [-0.2, -0.15) is 0 Å². The highest BCUT2D eigenvalue weighted by atomic mass is 32.2. The van der Waals surface area contributed by atoms with Gasteiger partial charge in [0, 0.05) is 10.9 Å². The summed E-state index contributed by atoms with van der Waals surface area (Å²) in [5.74, 6) is 0.376. The van der Waals surface area contributed by atoms with Crippen LogP contribution in [-0.4, -0.2) is 36.4 Å². The molecular weight excluding hydrogens is 280 g/mol. The van der Waals surface area contributed by atoms with Crippen LogP contribution in [0.5, 0.6) is 0 Å². The number of nitrogens with zero attached hydrogens (tertiary/aromatic N) is 1. The Morgan fingerprint density at radius 2 is 2.11 bits per heavy atom. The summed E-state index contributed by atoms with van der Waals surface area (Å²) < 4.78 is 23.5. The van der Waals surface area contributed by atoms with Gasteiger partial charge >= 0.3 is 0 Å². The van der Waals surface area contributed by atoms with Crippen molar-refractivity contribution < 1.29 is 8.42 Å². The molecule has 3 rings (SSSR count). The van der Waals surface area contributed by atoms with Gasteiger partial charge < -0.3 is 4.90 Å². The molecule has 2 fully saturated rings. The number of benzene rings is 1. The van der Waals surface area contributed by atoms with Gasteiger partial charge in [-0.15, -0.1) is 0 Å². The van der Waals surface area contributed by atoms with Crippen LogP contribution in [0.1, 0.15) is 12.5 Å². The second kappa shape index (κ2) is 4.52. The Labute approximate surface area is 117 Å². The molecule has 2 saturated heterocycles. The normalized spacial score (nSPS) is 28.7. The molecule has 0 radical (unpaired) electrons. The Balaban J connectivity index is 2.02. The van der Waals surface area contributed by atoms with Crippen molar-refractivity contribution >= 4 is 32.5 Å². The van der Waals surface area contributed by atoms with Gasteiger partial charge in [-0.1, -0.05) is 36.9 Å². The topological polar surface area (TPSA) is 61.2 Å². The third kappa shape index (κ3) is 2.17. The minimum Gasteiger partial charge on any atom is -0.316 e. The highest BCUT2D eigenvalue weighted by Crippen LogP contribution is 2.41. The van der Waals surface area contributed by atoms with Crippen molar-refractivity contribution in [2.24, 2.45) is 0 Å². The number of amidine groups is 1. The van der Waals surface area contributed by atoms with E-state index in [2.05, 4.69) is 6.92 Å². The summed E-state index contributed by atoms with van der Waals surface area (Å²) >= 11 is 1.39. The minimum absolute atomic E-state index is 0.0161. The Kier molecular flexibility index (Phi) is 3.09. The third-order valence-corrected chi connectivity index (χ3v) is 6.85. The van der Waals surface area contributed by atoms with Crippen molar-refractivity contribution in [3.63, 3.8) is 0 Å². The number of nitrogens with one attached hydrogen (secondary N) is 1. The highest BCUT2D eigenvalue weighted by Gasteiger charge is 2.48. The number of aryl methyl sites for hydroxylation is 1.